The van der Waals surface area contributed by atoms with Crippen molar-refractivity contribution < 1.29 is 23.0 Å². The van der Waals surface area contributed by atoms with Crippen molar-refractivity contribution in [2.75, 3.05) is 6.61 Å². The molecule has 1 heterocycles. The number of amides is 1. The van der Waals surface area contributed by atoms with Crippen molar-refractivity contribution in [1.82, 2.24) is 5.32 Å². The highest BCUT2D eigenvalue weighted by Gasteiger charge is 2.23. The number of carbonyl (C=O) groups excluding carboxylic acids is 1. The quantitative estimate of drug-likeness (QED) is 0.913. The van der Waals surface area contributed by atoms with Crippen LogP contribution in [0.5, 0.6) is 5.75 Å². The van der Waals surface area contributed by atoms with Gasteiger partial charge in [-0.1, -0.05) is 12.1 Å². The van der Waals surface area contributed by atoms with Gasteiger partial charge in [0, 0.05) is 0 Å². The Kier molecular flexibility index (Phi) is 4.51. The van der Waals surface area contributed by atoms with Crippen LogP contribution >= 0.6 is 12.4 Å². The molecule has 1 aliphatic heterocycles. The number of benzene rings is 1. The molecule has 1 saturated heterocycles. The minimum absolute atomic E-state index is 0. The topological polar surface area (TPSA) is 47.6 Å². The maximum Gasteiger partial charge on any atom is 0.407 e. The standard InChI is InChI=1S/C10H9F2NO3.ClH/c11-9(12)16-7-3-1-6(2-4-7)8-5-15-10(14)13-8;/h1-4,8-9H,5H2,(H,13,14);1H/t8-;/m1./s1. The number of hydrogen-bond donors (Lipinski definition) is 1. The van der Waals surface area contributed by atoms with Crippen LogP contribution in [0.15, 0.2) is 24.3 Å². The third kappa shape index (κ3) is 3.45. The van der Waals surface area contributed by atoms with Crippen LogP contribution in [0.4, 0.5) is 13.6 Å². The molecule has 1 aromatic rings. The normalized spacial score (nSPS) is 18.3. The highest BCUT2D eigenvalue weighted by molar-refractivity contribution is 5.85. The molecular weight excluding hydrogens is 256 g/mol. The van der Waals surface area contributed by atoms with Gasteiger partial charge in [-0.3, -0.25) is 0 Å². The van der Waals surface area contributed by atoms with Crippen LogP contribution in [0.2, 0.25) is 0 Å². The molecule has 0 aliphatic carbocycles. The number of nitrogens with one attached hydrogen (secondary N) is 1. The van der Waals surface area contributed by atoms with E-state index in [0.717, 1.165) is 5.56 Å². The Morgan fingerprint density at radius 2 is 2.00 bits per heavy atom. The minimum Gasteiger partial charge on any atom is -0.447 e. The lowest BCUT2D eigenvalue weighted by Gasteiger charge is -2.09. The zero-order valence-electron chi connectivity index (χ0n) is 8.56. The molecule has 2 rings (SSSR count). The van der Waals surface area contributed by atoms with Crippen LogP contribution in [0.25, 0.3) is 0 Å². The number of ether oxygens (including phenoxy) is 2. The molecule has 0 aromatic heterocycles. The summed E-state index contributed by atoms with van der Waals surface area (Å²) in [6.45, 7) is -2.59. The molecule has 4 nitrogen and oxygen atoms in total. The first kappa shape index (κ1) is 13.5. The van der Waals surface area contributed by atoms with Crippen LogP contribution in [0.1, 0.15) is 11.6 Å². The summed E-state index contributed by atoms with van der Waals surface area (Å²) in [5.41, 5.74) is 0.785. The van der Waals surface area contributed by atoms with Crippen LogP contribution in [-0.4, -0.2) is 19.3 Å². The van der Waals surface area contributed by atoms with E-state index < -0.39 is 12.7 Å². The lowest BCUT2D eigenvalue weighted by molar-refractivity contribution is -0.0498. The predicted molar refractivity (Wildman–Crippen MR) is 57.5 cm³/mol. The third-order valence-electron chi connectivity index (χ3n) is 2.18. The number of alkyl halides is 2. The molecule has 0 spiro atoms. The molecular formula is C10H10ClF2NO3. The van der Waals surface area contributed by atoms with Crippen molar-refractivity contribution >= 4 is 18.5 Å². The van der Waals surface area contributed by atoms with Gasteiger partial charge in [0.2, 0.25) is 0 Å². The third-order valence-corrected chi connectivity index (χ3v) is 2.18. The van der Waals surface area contributed by atoms with E-state index in [-0.39, 0.29) is 30.8 Å². The monoisotopic (exact) mass is 265 g/mol. The van der Waals surface area contributed by atoms with Crippen molar-refractivity contribution in [1.29, 1.82) is 0 Å². The van der Waals surface area contributed by atoms with Gasteiger partial charge in [-0.25, -0.2) is 4.79 Å². The van der Waals surface area contributed by atoms with E-state index in [0.29, 0.717) is 0 Å². The predicted octanol–water partition coefficient (Wildman–Crippen LogP) is 2.49. The van der Waals surface area contributed by atoms with Crippen molar-refractivity contribution in [3.8, 4) is 5.75 Å². The highest BCUT2D eigenvalue weighted by atomic mass is 35.5. The van der Waals surface area contributed by atoms with Gasteiger partial charge in [-0.15, -0.1) is 12.4 Å². The first-order chi connectivity index (χ1) is 7.65. The van der Waals surface area contributed by atoms with E-state index in [1.165, 1.54) is 12.1 Å². The molecule has 0 radical (unpaired) electrons. The summed E-state index contributed by atoms with van der Waals surface area (Å²) in [7, 11) is 0. The fourth-order valence-corrected chi connectivity index (χ4v) is 1.45. The second-order valence-electron chi connectivity index (χ2n) is 3.24. The summed E-state index contributed by atoms with van der Waals surface area (Å²) in [5, 5.41) is 2.58. The molecule has 1 amide bonds. The first-order valence-corrected chi connectivity index (χ1v) is 4.63. The molecule has 1 N–H and O–H groups in total. The van der Waals surface area contributed by atoms with E-state index in [4.69, 9.17) is 4.74 Å². The van der Waals surface area contributed by atoms with Gasteiger partial charge >= 0.3 is 12.7 Å². The average Bonchev–Trinajstić information content (AvgIpc) is 2.65. The fraction of sp³-hybridized carbons (Fsp3) is 0.300. The Hall–Kier alpha value is -1.56. The molecule has 0 bridgehead atoms. The van der Waals surface area contributed by atoms with Gasteiger partial charge < -0.3 is 14.8 Å². The first-order valence-electron chi connectivity index (χ1n) is 4.63. The van der Waals surface area contributed by atoms with Crippen LogP contribution in [0.3, 0.4) is 0 Å². The van der Waals surface area contributed by atoms with Crippen molar-refractivity contribution in [2.24, 2.45) is 0 Å². The van der Waals surface area contributed by atoms with Crippen LogP contribution < -0.4 is 10.1 Å². The van der Waals surface area contributed by atoms with E-state index >= 15 is 0 Å². The second kappa shape index (κ2) is 5.67. The number of carbonyl (C=O) groups is 1. The summed E-state index contributed by atoms with van der Waals surface area (Å²) in [6.07, 6.45) is -0.474. The Morgan fingerprint density at radius 1 is 1.35 bits per heavy atom. The summed E-state index contributed by atoms with van der Waals surface area (Å²) < 4.78 is 32.7. The zero-order chi connectivity index (χ0) is 11.5. The number of alkyl carbamates (subject to hydrolysis) is 1. The Morgan fingerprint density at radius 3 is 2.47 bits per heavy atom. The average molecular weight is 266 g/mol. The summed E-state index contributed by atoms with van der Waals surface area (Å²) in [4.78, 5) is 10.8. The fourth-order valence-electron chi connectivity index (χ4n) is 1.45. The van der Waals surface area contributed by atoms with Gasteiger partial charge in [0.05, 0.1) is 6.04 Å². The van der Waals surface area contributed by atoms with E-state index in [1.807, 2.05) is 0 Å². The second-order valence-corrected chi connectivity index (χ2v) is 3.24. The van der Waals surface area contributed by atoms with E-state index in [9.17, 15) is 13.6 Å². The Bertz CT molecular complexity index is 386. The lowest BCUT2D eigenvalue weighted by Crippen LogP contribution is -2.18. The highest BCUT2D eigenvalue weighted by Crippen LogP contribution is 2.21. The largest absolute Gasteiger partial charge is 0.447 e. The number of halogens is 3. The van der Waals surface area contributed by atoms with Gasteiger partial charge in [-0.2, -0.15) is 8.78 Å². The molecule has 7 heteroatoms. The Labute approximate surface area is 102 Å². The minimum atomic E-state index is -2.83. The molecule has 1 aromatic carbocycles. The maximum absolute atomic E-state index is 11.9. The van der Waals surface area contributed by atoms with Gasteiger partial charge in [0.1, 0.15) is 12.4 Å². The smallest absolute Gasteiger partial charge is 0.407 e. The number of cyclic esters (lactones) is 1. The lowest BCUT2D eigenvalue weighted by atomic mass is 10.1. The molecule has 0 unspecified atom stereocenters. The van der Waals surface area contributed by atoms with Crippen molar-refractivity contribution in [3.63, 3.8) is 0 Å². The van der Waals surface area contributed by atoms with Gasteiger partial charge in [0.15, 0.2) is 0 Å². The van der Waals surface area contributed by atoms with Crippen LogP contribution in [0, 0.1) is 0 Å². The number of rotatable bonds is 3. The molecule has 1 atom stereocenters. The SMILES string of the molecule is Cl.O=C1N[C@@H](c2ccc(OC(F)F)cc2)CO1. The van der Waals surface area contributed by atoms with Crippen molar-refractivity contribution in [2.45, 2.75) is 12.7 Å². The van der Waals surface area contributed by atoms with Crippen LogP contribution in [-0.2, 0) is 4.74 Å². The van der Waals surface area contributed by atoms with Gasteiger partial charge in [-0.05, 0) is 17.7 Å². The molecule has 17 heavy (non-hydrogen) atoms. The molecule has 0 saturated carbocycles. The summed E-state index contributed by atoms with van der Waals surface area (Å²) in [5.74, 6) is 0.0870. The summed E-state index contributed by atoms with van der Waals surface area (Å²) >= 11 is 0. The van der Waals surface area contributed by atoms with Gasteiger partial charge in [0.25, 0.3) is 0 Å². The zero-order valence-corrected chi connectivity index (χ0v) is 9.38. The molecule has 1 fully saturated rings. The molecule has 1 aliphatic rings. The number of hydrogen-bond acceptors (Lipinski definition) is 3. The molecule has 94 valence electrons. The van der Waals surface area contributed by atoms with Crippen molar-refractivity contribution in [3.05, 3.63) is 29.8 Å². The Balaban J connectivity index is 0.00000144. The van der Waals surface area contributed by atoms with E-state index in [1.54, 1.807) is 12.1 Å². The maximum atomic E-state index is 11.9. The summed E-state index contributed by atoms with van der Waals surface area (Å²) in [6, 6.07) is 5.83. The van der Waals surface area contributed by atoms with E-state index in [2.05, 4.69) is 10.1 Å².